The van der Waals surface area contributed by atoms with Crippen LogP contribution >= 0.6 is 11.6 Å². The highest BCUT2D eigenvalue weighted by molar-refractivity contribution is 6.34. The molecular weight excluding hydrogens is 250 g/mol. The number of carbonyl (C=O) groups excluding carboxylic acids is 1. The SMILES string of the molecule is CC(NC(=O)c1cc(C#N)cc(Cl)c1N)C1CC1. The minimum atomic E-state index is -0.272. The number of nitrogen functional groups attached to an aromatic ring is 1. The van der Waals surface area contributed by atoms with Crippen LogP contribution in [0.4, 0.5) is 5.69 Å². The molecule has 1 aliphatic rings. The van der Waals surface area contributed by atoms with Crippen LogP contribution in [0.3, 0.4) is 0 Å². The van der Waals surface area contributed by atoms with Gasteiger partial charge in [-0.2, -0.15) is 5.26 Å². The van der Waals surface area contributed by atoms with Gasteiger partial charge in [-0.15, -0.1) is 0 Å². The van der Waals surface area contributed by atoms with Crippen LogP contribution in [0.1, 0.15) is 35.7 Å². The molecule has 1 aromatic rings. The number of amides is 1. The summed E-state index contributed by atoms with van der Waals surface area (Å²) in [5.41, 5.74) is 6.59. The Hall–Kier alpha value is -1.73. The Labute approximate surface area is 111 Å². The van der Waals surface area contributed by atoms with Crippen molar-refractivity contribution in [2.24, 2.45) is 5.92 Å². The van der Waals surface area contributed by atoms with Crippen LogP contribution in [0, 0.1) is 17.2 Å². The Morgan fingerprint density at radius 1 is 1.61 bits per heavy atom. The third kappa shape index (κ3) is 2.57. The zero-order valence-electron chi connectivity index (χ0n) is 10.0. The van der Waals surface area contributed by atoms with E-state index >= 15 is 0 Å². The summed E-state index contributed by atoms with van der Waals surface area (Å²) in [5, 5.41) is 12.0. The quantitative estimate of drug-likeness (QED) is 0.822. The van der Waals surface area contributed by atoms with Crippen molar-refractivity contribution < 1.29 is 4.79 Å². The van der Waals surface area contributed by atoms with Gasteiger partial charge in [0, 0.05) is 6.04 Å². The van der Waals surface area contributed by atoms with Crippen molar-refractivity contribution in [3.8, 4) is 6.07 Å². The van der Waals surface area contributed by atoms with E-state index in [0.29, 0.717) is 11.5 Å². The molecule has 4 nitrogen and oxygen atoms in total. The summed E-state index contributed by atoms with van der Waals surface area (Å²) >= 11 is 5.90. The molecule has 1 aliphatic carbocycles. The minimum Gasteiger partial charge on any atom is -0.397 e. The van der Waals surface area contributed by atoms with Gasteiger partial charge in [0.2, 0.25) is 0 Å². The van der Waals surface area contributed by atoms with Gasteiger partial charge >= 0.3 is 0 Å². The number of nitrogens with two attached hydrogens (primary N) is 1. The van der Waals surface area contributed by atoms with Crippen molar-refractivity contribution in [3.63, 3.8) is 0 Å². The Morgan fingerprint density at radius 3 is 2.83 bits per heavy atom. The molecule has 1 saturated carbocycles. The maximum Gasteiger partial charge on any atom is 0.253 e. The van der Waals surface area contributed by atoms with Crippen LogP contribution in [0.5, 0.6) is 0 Å². The van der Waals surface area contributed by atoms with E-state index in [-0.39, 0.29) is 28.2 Å². The lowest BCUT2D eigenvalue weighted by Gasteiger charge is -2.14. The molecule has 18 heavy (non-hydrogen) atoms. The van der Waals surface area contributed by atoms with Crippen LogP contribution in [-0.2, 0) is 0 Å². The average molecular weight is 264 g/mol. The molecule has 1 unspecified atom stereocenters. The van der Waals surface area contributed by atoms with Crippen molar-refractivity contribution in [2.75, 3.05) is 5.73 Å². The predicted octanol–water partition coefficient (Wildman–Crippen LogP) is 2.32. The summed E-state index contributed by atoms with van der Waals surface area (Å²) in [6, 6.07) is 5.01. The fourth-order valence-electron chi connectivity index (χ4n) is 1.87. The Morgan fingerprint density at radius 2 is 2.28 bits per heavy atom. The number of rotatable bonds is 3. The van der Waals surface area contributed by atoms with Gasteiger partial charge in [-0.1, -0.05) is 11.6 Å². The number of nitriles is 1. The first-order valence-electron chi connectivity index (χ1n) is 5.83. The largest absolute Gasteiger partial charge is 0.397 e. The van der Waals surface area contributed by atoms with E-state index in [4.69, 9.17) is 22.6 Å². The lowest BCUT2D eigenvalue weighted by atomic mass is 10.1. The molecule has 0 radical (unpaired) electrons. The van der Waals surface area contributed by atoms with Gasteiger partial charge in [0.05, 0.1) is 27.9 Å². The fourth-order valence-corrected chi connectivity index (χ4v) is 2.09. The zero-order chi connectivity index (χ0) is 13.3. The molecule has 3 N–H and O–H groups in total. The minimum absolute atomic E-state index is 0.126. The van der Waals surface area contributed by atoms with E-state index in [9.17, 15) is 4.79 Å². The molecule has 94 valence electrons. The van der Waals surface area contributed by atoms with Gasteiger partial charge in [-0.3, -0.25) is 4.79 Å². The molecule has 5 heteroatoms. The number of nitrogens with one attached hydrogen (secondary N) is 1. The maximum atomic E-state index is 12.1. The topological polar surface area (TPSA) is 78.9 Å². The third-order valence-electron chi connectivity index (χ3n) is 3.19. The summed E-state index contributed by atoms with van der Waals surface area (Å²) < 4.78 is 0. The highest BCUT2D eigenvalue weighted by Gasteiger charge is 2.29. The highest BCUT2D eigenvalue weighted by Crippen LogP contribution is 2.32. The molecule has 0 bridgehead atoms. The number of nitrogens with zero attached hydrogens (tertiary/aromatic N) is 1. The second kappa shape index (κ2) is 4.87. The van der Waals surface area contributed by atoms with Crippen molar-refractivity contribution in [1.29, 1.82) is 5.26 Å². The van der Waals surface area contributed by atoms with Crippen LogP contribution < -0.4 is 11.1 Å². The first-order valence-corrected chi connectivity index (χ1v) is 6.20. The van der Waals surface area contributed by atoms with E-state index < -0.39 is 0 Å². The highest BCUT2D eigenvalue weighted by atomic mass is 35.5. The van der Waals surface area contributed by atoms with Gasteiger partial charge in [-0.25, -0.2) is 0 Å². The number of anilines is 1. The lowest BCUT2D eigenvalue weighted by molar-refractivity contribution is 0.0936. The Balaban J connectivity index is 2.23. The van der Waals surface area contributed by atoms with Crippen LogP contribution in [0.25, 0.3) is 0 Å². The molecule has 0 aliphatic heterocycles. The monoisotopic (exact) mass is 263 g/mol. The molecule has 0 saturated heterocycles. The van der Waals surface area contributed by atoms with Crippen molar-refractivity contribution in [3.05, 3.63) is 28.3 Å². The number of halogens is 1. The Kier molecular flexibility index (Phi) is 3.44. The summed E-state index contributed by atoms with van der Waals surface area (Å²) in [7, 11) is 0. The van der Waals surface area contributed by atoms with Crippen LogP contribution in [0.15, 0.2) is 12.1 Å². The van der Waals surface area contributed by atoms with Gasteiger partial charge in [0.1, 0.15) is 0 Å². The van der Waals surface area contributed by atoms with Gasteiger partial charge < -0.3 is 11.1 Å². The molecule has 0 spiro atoms. The molecule has 0 aromatic heterocycles. The zero-order valence-corrected chi connectivity index (χ0v) is 10.8. The van der Waals surface area contributed by atoms with E-state index in [2.05, 4.69) is 5.32 Å². The Bertz CT molecular complexity index is 532. The van der Waals surface area contributed by atoms with Gasteiger partial charge in [0.25, 0.3) is 5.91 Å². The van der Waals surface area contributed by atoms with E-state index in [1.54, 1.807) is 0 Å². The number of hydrogen-bond donors (Lipinski definition) is 2. The van der Waals surface area contributed by atoms with Crippen LogP contribution in [0.2, 0.25) is 5.02 Å². The van der Waals surface area contributed by atoms with Crippen LogP contribution in [-0.4, -0.2) is 11.9 Å². The summed E-state index contributed by atoms with van der Waals surface area (Å²) in [4.78, 5) is 12.1. The summed E-state index contributed by atoms with van der Waals surface area (Å²) in [6.07, 6.45) is 2.30. The van der Waals surface area contributed by atoms with Gasteiger partial charge in [0.15, 0.2) is 0 Å². The predicted molar refractivity (Wildman–Crippen MR) is 70.2 cm³/mol. The average Bonchev–Trinajstić information content (AvgIpc) is 3.16. The second-order valence-electron chi connectivity index (χ2n) is 4.63. The number of hydrogen-bond acceptors (Lipinski definition) is 3. The molecule has 1 fully saturated rings. The molecular formula is C13H14ClN3O. The first kappa shape index (κ1) is 12.7. The molecule has 2 rings (SSSR count). The van der Waals surface area contributed by atoms with E-state index in [1.807, 2.05) is 13.0 Å². The maximum absolute atomic E-state index is 12.1. The summed E-state index contributed by atoms with van der Waals surface area (Å²) in [6.45, 7) is 1.97. The van der Waals surface area contributed by atoms with E-state index in [0.717, 1.165) is 12.8 Å². The van der Waals surface area contributed by atoms with E-state index in [1.165, 1.54) is 12.1 Å². The summed E-state index contributed by atoms with van der Waals surface area (Å²) in [5.74, 6) is 0.288. The van der Waals surface area contributed by atoms with Crippen molar-refractivity contribution in [1.82, 2.24) is 5.32 Å². The standard InChI is InChI=1S/C13H14ClN3O/c1-7(9-2-3-9)17-13(18)10-4-8(6-15)5-11(14)12(10)16/h4-5,7,9H,2-3,16H2,1H3,(H,17,18). The number of carbonyl (C=O) groups is 1. The van der Waals surface area contributed by atoms with Crippen molar-refractivity contribution >= 4 is 23.2 Å². The van der Waals surface area contributed by atoms with Gasteiger partial charge in [-0.05, 0) is 37.8 Å². The molecule has 1 aromatic carbocycles. The molecule has 1 amide bonds. The fraction of sp³-hybridized carbons (Fsp3) is 0.385. The first-order chi connectivity index (χ1) is 8.52. The second-order valence-corrected chi connectivity index (χ2v) is 5.04. The smallest absolute Gasteiger partial charge is 0.253 e. The molecule has 1 atom stereocenters. The normalized spacial score (nSPS) is 15.8. The number of benzene rings is 1. The van der Waals surface area contributed by atoms with Crippen molar-refractivity contribution in [2.45, 2.75) is 25.8 Å². The molecule has 0 heterocycles. The lowest BCUT2D eigenvalue weighted by Crippen LogP contribution is -2.34. The third-order valence-corrected chi connectivity index (χ3v) is 3.50.